The molecule has 7 heteroatoms. The van der Waals surface area contributed by atoms with Crippen molar-refractivity contribution in [3.05, 3.63) is 70.9 Å². The number of nitrogen functional groups attached to an aromatic ring is 1. The molecule has 2 aromatic carbocycles. The molecule has 0 spiro atoms. The Morgan fingerprint density at radius 3 is 2.60 bits per heavy atom. The number of nitrogens with two attached hydrogens (primary N) is 1. The van der Waals surface area contributed by atoms with Gasteiger partial charge < -0.3 is 5.73 Å². The Labute approximate surface area is 142 Å². The normalized spacial score (nSPS) is 10.9. The molecule has 7 nitrogen and oxygen atoms in total. The van der Waals surface area contributed by atoms with Crippen molar-refractivity contribution in [1.29, 1.82) is 0 Å². The topological polar surface area (TPSA) is 111 Å². The van der Waals surface area contributed by atoms with Crippen LogP contribution in [0, 0.1) is 10.1 Å². The van der Waals surface area contributed by atoms with E-state index < -0.39 is 4.92 Å². The zero-order valence-corrected chi connectivity index (χ0v) is 13.0. The van der Waals surface area contributed by atoms with Gasteiger partial charge in [-0.15, -0.1) is 0 Å². The van der Waals surface area contributed by atoms with E-state index in [1.54, 1.807) is 6.20 Å². The second kappa shape index (κ2) is 5.72. The van der Waals surface area contributed by atoms with Crippen LogP contribution in [0.5, 0.6) is 0 Å². The summed E-state index contributed by atoms with van der Waals surface area (Å²) in [6.45, 7) is 0. The molecule has 0 fully saturated rings. The second-order valence-electron chi connectivity index (χ2n) is 5.59. The first-order valence-corrected chi connectivity index (χ1v) is 7.57. The largest absolute Gasteiger partial charge is 0.398 e. The molecule has 0 saturated heterocycles. The second-order valence-corrected chi connectivity index (χ2v) is 5.59. The SMILES string of the molecule is Nc1ccc([N+](=O)[O-])cc1-c1cnc2n[nH]c(-c3ccccc3)c2c1. The highest BCUT2D eigenvalue weighted by Gasteiger charge is 2.14. The zero-order valence-electron chi connectivity index (χ0n) is 13.0. The van der Waals surface area contributed by atoms with Crippen LogP contribution in [0.2, 0.25) is 0 Å². The maximum absolute atomic E-state index is 11.0. The fourth-order valence-electron chi connectivity index (χ4n) is 2.78. The molecule has 25 heavy (non-hydrogen) atoms. The maximum Gasteiger partial charge on any atom is 0.270 e. The summed E-state index contributed by atoms with van der Waals surface area (Å²) in [5.41, 5.74) is 10.1. The lowest BCUT2D eigenvalue weighted by Crippen LogP contribution is -1.94. The predicted molar refractivity (Wildman–Crippen MR) is 95.8 cm³/mol. The molecule has 0 amide bonds. The van der Waals surface area contributed by atoms with Gasteiger partial charge in [0.2, 0.25) is 0 Å². The fourth-order valence-corrected chi connectivity index (χ4v) is 2.78. The van der Waals surface area contributed by atoms with Gasteiger partial charge in [-0.1, -0.05) is 30.3 Å². The van der Waals surface area contributed by atoms with Crippen molar-refractivity contribution < 1.29 is 4.92 Å². The first kappa shape index (κ1) is 14.8. The minimum Gasteiger partial charge on any atom is -0.398 e. The van der Waals surface area contributed by atoms with Gasteiger partial charge in [0.25, 0.3) is 5.69 Å². The number of nitrogens with zero attached hydrogens (tertiary/aromatic N) is 3. The number of pyridine rings is 1. The summed E-state index contributed by atoms with van der Waals surface area (Å²) in [6.07, 6.45) is 1.62. The smallest absolute Gasteiger partial charge is 0.270 e. The van der Waals surface area contributed by atoms with Crippen molar-refractivity contribution in [1.82, 2.24) is 15.2 Å². The van der Waals surface area contributed by atoms with Gasteiger partial charge in [-0.2, -0.15) is 5.10 Å². The molecule has 3 N–H and O–H groups in total. The van der Waals surface area contributed by atoms with Crippen LogP contribution in [0.25, 0.3) is 33.4 Å². The fraction of sp³-hybridized carbons (Fsp3) is 0. The number of hydrogen-bond acceptors (Lipinski definition) is 5. The van der Waals surface area contributed by atoms with Gasteiger partial charge >= 0.3 is 0 Å². The van der Waals surface area contributed by atoms with Crippen LogP contribution < -0.4 is 5.73 Å². The Balaban J connectivity index is 1.90. The molecular weight excluding hydrogens is 318 g/mol. The number of aromatic amines is 1. The summed E-state index contributed by atoms with van der Waals surface area (Å²) < 4.78 is 0. The Hall–Kier alpha value is -3.74. The molecule has 0 unspecified atom stereocenters. The molecule has 0 bridgehead atoms. The number of hydrogen-bond donors (Lipinski definition) is 2. The van der Waals surface area contributed by atoms with Crippen LogP contribution in [0.1, 0.15) is 0 Å². The van der Waals surface area contributed by atoms with E-state index in [1.165, 1.54) is 18.2 Å². The van der Waals surface area contributed by atoms with Gasteiger partial charge in [0.05, 0.1) is 10.6 Å². The summed E-state index contributed by atoms with van der Waals surface area (Å²) in [5, 5.41) is 19.1. The molecule has 122 valence electrons. The molecule has 4 aromatic rings. The van der Waals surface area contributed by atoms with E-state index in [1.807, 2.05) is 36.4 Å². The zero-order chi connectivity index (χ0) is 17.4. The first-order valence-electron chi connectivity index (χ1n) is 7.57. The van der Waals surface area contributed by atoms with Crippen molar-refractivity contribution in [2.45, 2.75) is 0 Å². The molecule has 0 radical (unpaired) electrons. The first-order chi connectivity index (χ1) is 12.1. The predicted octanol–water partition coefficient (Wildman–Crippen LogP) is 3.78. The molecule has 0 aliphatic heterocycles. The van der Waals surface area contributed by atoms with Crippen LogP contribution in [0.4, 0.5) is 11.4 Å². The van der Waals surface area contributed by atoms with Gasteiger partial charge in [0.15, 0.2) is 5.65 Å². The third-order valence-electron chi connectivity index (χ3n) is 4.03. The number of nitro benzene ring substituents is 1. The van der Waals surface area contributed by atoms with E-state index in [9.17, 15) is 10.1 Å². The number of anilines is 1. The number of nitrogens with one attached hydrogen (secondary N) is 1. The quantitative estimate of drug-likeness (QED) is 0.337. The third kappa shape index (κ3) is 2.57. The number of H-pyrrole nitrogens is 1. The number of rotatable bonds is 3. The Kier molecular flexibility index (Phi) is 3.39. The number of non-ortho nitro benzene ring substituents is 1. The summed E-state index contributed by atoms with van der Waals surface area (Å²) in [4.78, 5) is 14.9. The van der Waals surface area contributed by atoms with E-state index >= 15 is 0 Å². The molecule has 0 saturated carbocycles. The van der Waals surface area contributed by atoms with Crippen LogP contribution in [-0.4, -0.2) is 20.1 Å². The summed E-state index contributed by atoms with van der Waals surface area (Å²) >= 11 is 0. The Morgan fingerprint density at radius 1 is 1.04 bits per heavy atom. The van der Waals surface area contributed by atoms with Crippen LogP contribution in [-0.2, 0) is 0 Å². The minimum atomic E-state index is -0.442. The number of nitro groups is 1. The Bertz CT molecular complexity index is 1090. The van der Waals surface area contributed by atoms with Crippen molar-refractivity contribution in [2.24, 2.45) is 0 Å². The van der Waals surface area contributed by atoms with E-state index in [-0.39, 0.29) is 5.69 Å². The Morgan fingerprint density at radius 2 is 1.84 bits per heavy atom. The molecular formula is C18H13N5O2. The molecule has 0 aliphatic carbocycles. The van der Waals surface area contributed by atoms with E-state index in [0.717, 1.165) is 16.6 Å². The van der Waals surface area contributed by atoms with Gasteiger partial charge in [-0.05, 0) is 12.1 Å². The number of aromatic nitrogens is 3. The van der Waals surface area contributed by atoms with Crippen molar-refractivity contribution >= 4 is 22.4 Å². The molecule has 0 atom stereocenters. The lowest BCUT2D eigenvalue weighted by atomic mass is 10.0. The van der Waals surface area contributed by atoms with Crippen molar-refractivity contribution in [2.75, 3.05) is 5.73 Å². The highest BCUT2D eigenvalue weighted by Crippen LogP contribution is 2.33. The molecule has 2 heterocycles. The minimum absolute atomic E-state index is 0.0141. The van der Waals surface area contributed by atoms with Gasteiger partial charge in [0, 0.05) is 46.1 Å². The van der Waals surface area contributed by atoms with E-state index in [4.69, 9.17) is 5.73 Å². The number of benzene rings is 2. The molecule has 4 rings (SSSR count). The van der Waals surface area contributed by atoms with Crippen LogP contribution >= 0.6 is 0 Å². The molecule has 0 aliphatic rings. The third-order valence-corrected chi connectivity index (χ3v) is 4.03. The number of fused-ring (bicyclic) bond motifs is 1. The average molecular weight is 331 g/mol. The van der Waals surface area contributed by atoms with Crippen LogP contribution in [0.15, 0.2) is 60.8 Å². The summed E-state index contributed by atoms with van der Waals surface area (Å²) in [7, 11) is 0. The highest BCUT2D eigenvalue weighted by molar-refractivity contribution is 5.94. The lowest BCUT2D eigenvalue weighted by Gasteiger charge is -2.06. The van der Waals surface area contributed by atoms with Gasteiger partial charge in [0.1, 0.15) is 0 Å². The van der Waals surface area contributed by atoms with Crippen LogP contribution in [0.3, 0.4) is 0 Å². The van der Waals surface area contributed by atoms with Gasteiger partial charge in [-0.25, -0.2) is 4.98 Å². The van der Waals surface area contributed by atoms with Crippen molar-refractivity contribution in [3.63, 3.8) is 0 Å². The lowest BCUT2D eigenvalue weighted by molar-refractivity contribution is -0.384. The standard InChI is InChI=1S/C18H13N5O2/c19-16-7-6-13(23(24)25)9-14(16)12-8-15-17(11-4-2-1-3-5-11)21-22-18(15)20-10-12/h1-10H,19H2,(H,20,21,22). The van der Waals surface area contributed by atoms with Gasteiger partial charge in [-0.3, -0.25) is 15.2 Å². The maximum atomic E-state index is 11.0. The summed E-state index contributed by atoms with van der Waals surface area (Å²) in [6, 6.07) is 16.0. The average Bonchev–Trinajstić information content (AvgIpc) is 3.05. The monoisotopic (exact) mass is 331 g/mol. The van der Waals surface area contributed by atoms with E-state index in [2.05, 4.69) is 15.2 Å². The summed E-state index contributed by atoms with van der Waals surface area (Å²) in [5.74, 6) is 0. The highest BCUT2D eigenvalue weighted by atomic mass is 16.6. The van der Waals surface area contributed by atoms with Crippen molar-refractivity contribution in [3.8, 4) is 22.4 Å². The van der Waals surface area contributed by atoms with E-state index in [0.29, 0.717) is 22.5 Å². The molecule has 2 aromatic heterocycles.